The van der Waals surface area contributed by atoms with Gasteiger partial charge in [-0.1, -0.05) is 30.3 Å². The predicted octanol–water partition coefficient (Wildman–Crippen LogP) is 4.19. The number of H-pyrrole nitrogens is 1. The fourth-order valence-electron chi connectivity index (χ4n) is 5.21. The zero-order chi connectivity index (χ0) is 24.8. The van der Waals surface area contributed by atoms with Gasteiger partial charge >= 0.3 is 0 Å². The summed E-state index contributed by atoms with van der Waals surface area (Å²) in [4.78, 5) is 40.2. The number of amides is 1. The minimum absolute atomic E-state index is 0.00516. The van der Waals surface area contributed by atoms with Crippen molar-refractivity contribution in [2.24, 2.45) is 0 Å². The molecule has 0 fully saturated rings. The van der Waals surface area contributed by atoms with Crippen LogP contribution < -0.4 is 5.43 Å². The third-order valence-electron chi connectivity index (χ3n) is 6.91. The van der Waals surface area contributed by atoms with Gasteiger partial charge in [0, 0.05) is 48.0 Å². The standard InChI is InChI=1S/C28H24N4O4/c1-16-13-24(33)27(35)28(36-16)20(19-6-4-8-22-26(19)30-11-10-29-22)14-25(34)32-12-9-18-17-5-2-3-7-21(17)31-23(18)15-32/h2-8,10-11,13,20,31,35H,9,12,14-15H2,1H3/t20-/m0/s1. The number of hydrogen-bond donors (Lipinski definition) is 2. The highest BCUT2D eigenvalue weighted by atomic mass is 16.4. The Labute approximate surface area is 206 Å². The van der Waals surface area contributed by atoms with E-state index in [1.165, 1.54) is 17.0 Å². The highest BCUT2D eigenvalue weighted by Crippen LogP contribution is 2.37. The van der Waals surface area contributed by atoms with E-state index in [4.69, 9.17) is 4.42 Å². The fraction of sp³-hybridized carbons (Fsp3) is 0.214. The lowest BCUT2D eigenvalue weighted by Gasteiger charge is -2.29. The third-order valence-corrected chi connectivity index (χ3v) is 6.91. The van der Waals surface area contributed by atoms with Gasteiger partial charge in [0.25, 0.3) is 0 Å². The van der Waals surface area contributed by atoms with Crippen LogP contribution in [0.15, 0.2) is 70.1 Å². The molecule has 0 radical (unpaired) electrons. The zero-order valence-corrected chi connectivity index (χ0v) is 19.7. The van der Waals surface area contributed by atoms with E-state index in [-0.39, 0.29) is 18.1 Å². The van der Waals surface area contributed by atoms with Crippen LogP contribution in [0.1, 0.15) is 40.7 Å². The Morgan fingerprint density at radius 1 is 1.17 bits per heavy atom. The molecule has 6 rings (SSSR count). The first kappa shape index (κ1) is 22.0. The third kappa shape index (κ3) is 3.71. The average molecular weight is 481 g/mol. The van der Waals surface area contributed by atoms with Gasteiger partial charge in [0.1, 0.15) is 5.76 Å². The van der Waals surface area contributed by atoms with Crippen LogP contribution in [0.3, 0.4) is 0 Å². The first-order valence-electron chi connectivity index (χ1n) is 11.9. The second-order valence-corrected chi connectivity index (χ2v) is 9.16. The van der Waals surface area contributed by atoms with Crippen molar-refractivity contribution in [2.45, 2.75) is 32.2 Å². The molecule has 0 saturated heterocycles. The highest BCUT2D eigenvalue weighted by Gasteiger charge is 2.31. The largest absolute Gasteiger partial charge is 0.502 e. The zero-order valence-electron chi connectivity index (χ0n) is 19.7. The quantitative estimate of drug-likeness (QED) is 0.399. The van der Waals surface area contributed by atoms with Gasteiger partial charge in [-0.05, 0) is 36.6 Å². The summed E-state index contributed by atoms with van der Waals surface area (Å²) in [6.07, 6.45) is 3.94. The Morgan fingerprint density at radius 3 is 2.89 bits per heavy atom. The first-order valence-corrected chi connectivity index (χ1v) is 11.9. The van der Waals surface area contributed by atoms with Gasteiger partial charge in [0.2, 0.25) is 17.1 Å². The molecule has 1 aliphatic heterocycles. The number of nitrogens with one attached hydrogen (secondary N) is 1. The summed E-state index contributed by atoms with van der Waals surface area (Å²) in [6.45, 7) is 2.70. The van der Waals surface area contributed by atoms with Gasteiger partial charge in [0.15, 0.2) is 5.76 Å². The Morgan fingerprint density at radius 2 is 2.00 bits per heavy atom. The minimum atomic E-state index is -0.713. The number of rotatable bonds is 4. The second-order valence-electron chi connectivity index (χ2n) is 9.16. The maximum atomic E-state index is 13.7. The van der Waals surface area contributed by atoms with Gasteiger partial charge in [-0.3, -0.25) is 19.6 Å². The van der Waals surface area contributed by atoms with Gasteiger partial charge in [-0.2, -0.15) is 0 Å². The molecule has 0 saturated carbocycles. The number of benzene rings is 2. The molecule has 5 aromatic rings. The maximum Gasteiger partial charge on any atom is 0.227 e. The van der Waals surface area contributed by atoms with Crippen LogP contribution in [0, 0.1) is 6.92 Å². The maximum absolute atomic E-state index is 13.7. The highest BCUT2D eigenvalue weighted by molar-refractivity contribution is 5.86. The van der Waals surface area contributed by atoms with E-state index in [2.05, 4.69) is 21.0 Å². The van der Waals surface area contributed by atoms with Gasteiger partial charge < -0.3 is 19.4 Å². The van der Waals surface area contributed by atoms with Crippen molar-refractivity contribution in [1.82, 2.24) is 19.9 Å². The molecule has 8 heteroatoms. The van der Waals surface area contributed by atoms with Crippen molar-refractivity contribution in [2.75, 3.05) is 6.54 Å². The summed E-state index contributed by atoms with van der Waals surface area (Å²) in [7, 11) is 0. The van der Waals surface area contributed by atoms with E-state index in [0.29, 0.717) is 35.4 Å². The van der Waals surface area contributed by atoms with Crippen molar-refractivity contribution >= 4 is 27.8 Å². The summed E-state index contributed by atoms with van der Waals surface area (Å²) in [5.41, 5.74) is 4.72. The number of carbonyl (C=O) groups is 1. The van der Waals surface area contributed by atoms with E-state index < -0.39 is 17.1 Å². The summed E-state index contributed by atoms with van der Waals surface area (Å²) in [5, 5.41) is 11.9. The molecule has 36 heavy (non-hydrogen) atoms. The lowest BCUT2D eigenvalue weighted by atomic mass is 9.90. The number of fused-ring (bicyclic) bond motifs is 4. The molecule has 8 nitrogen and oxygen atoms in total. The van der Waals surface area contributed by atoms with Crippen LogP contribution in [-0.4, -0.2) is 37.4 Å². The minimum Gasteiger partial charge on any atom is -0.502 e. The van der Waals surface area contributed by atoms with Crippen LogP contribution in [0.5, 0.6) is 5.75 Å². The summed E-state index contributed by atoms with van der Waals surface area (Å²) < 4.78 is 5.86. The SMILES string of the molecule is Cc1cc(=O)c(O)c([C@@H](CC(=O)N2CCc3c([nH]c4ccccc34)C2)c2cccc3nccnc23)o1. The number of aromatic nitrogens is 3. The van der Waals surface area contributed by atoms with Crippen LogP contribution in [0.2, 0.25) is 0 Å². The molecule has 3 aromatic heterocycles. The lowest BCUT2D eigenvalue weighted by molar-refractivity contribution is -0.132. The molecule has 0 spiro atoms. The summed E-state index contributed by atoms with van der Waals surface area (Å²) >= 11 is 0. The number of carbonyl (C=O) groups excluding carboxylic acids is 1. The molecule has 1 atom stereocenters. The normalized spacial score (nSPS) is 14.2. The summed E-state index contributed by atoms with van der Waals surface area (Å²) in [6, 6.07) is 14.9. The van der Waals surface area contributed by atoms with E-state index in [9.17, 15) is 14.7 Å². The molecule has 2 N–H and O–H groups in total. The van der Waals surface area contributed by atoms with E-state index in [0.717, 1.165) is 17.6 Å². The number of aromatic amines is 1. The van der Waals surface area contributed by atoms with Crippen LogP contribution in [0.25, 0.3) is 21.9 Å². The Kier molecular flexibility index (Phi) is 5.29. The number of para-hydroxylation sites is 2. The number of aromatic hydroxyl groups is 1. The smallest absolute Gasteiger partial charge is 0.227 e. The molecule has 0 bridgehead atoms. The first-order chi connectivity index (χ1) is 17.5. The molecule has 0 unspecified atom stereocenters. The Balaban J connectivity index is 1.39. The molecular formula is C28H24N4O4. The van der Waals surface area contributed by atoms with Crippen LogP contribution in [0.4, 0.5) is 0 Å². The van der Waals surface area contributed by atoms with Crippen molar-refractivity contribution in [1.29, 1.82) is 0 Å². The molecule has 2 aromatic carbocycles. The molecule has 180 valence electrons. The van der Waals surface area contributed by atoms with Gasteiger partial charge in [-0.15, -0.1) is 0 Å². The van der Waals surface area contributed by atoms with Crippen LogP contribution in [-0.2, 0) is 17.8 Å². The van der Waals surface area contributed by atoms with Crippen molar-refractivity contribution in [3.63, 3.8) is 0 Å². The predicted molar refractivity (Wildman–Crippen MR) is 135 cm³/mol. The summed E-state index contributed by atoms with van der Waals surface area (Å²) in [5.74, 6) is -0.883. The lowest BCUT2D eigenvalue weighted by Crippen LogP contribution is -2.36. The Hall–Kier alpha value is -4.46. The van der Waals surface area contributed by atoms with Crippen molar-refractivity contribution in [3.8, 4) is 5.75 Å². The van der Waals surface area contributed by atoms with Gasteiger partial charge in [-0.25, -0.2) is 0 Å². The number of hydrogen-bond acceptors (Lipinski definition) is 6. The topological polar surface area (TPSA) is 112 Å². The molecule has 0 aliphatic carbocycles. The van der Waals surface area contributed by atoms with E-state index in [1.54, 1.807) is 19.3 Å². The molecular weight excluding hydrogens is 456 g/mol. The molecule has 4 heterocycles. The molecule has 1 aliphatic rings. The average Bonchev–Trinajstić information content (AvgIpc) is 3.27. The monoisotopic (exact) mass is 480 g/mol. The Bertz CT molecular complexity index is 1680. The van der Waals surface area contributed by atoms with Gasteiger partial charge in [0.05, 0.1) is 23.5 Å². The van der Waals surface area contributed by atoms with Crippen LogP contribution >= 0.6 is 0 Å². The number of nitrogens with zero attached hydrogens (tertiary/aromatic N) is 3. The second kappa shape index (κ2) is 8.64. The van der Waals surface area contributed by atoms with E-state index in [1.807, 2.05) is 41.3 Å². The fourth-order valence-corrected chi connectivity index (χ4v) is 5.21. The van der Waals surface area contributed by atoms with Crippen molar-refractivity contribution < 1.29 is 14.3 Å². The number of aryl methyl sites for hydroxylation is 1. The molecule has 1 amide bonds. The van der Waals surface area contributed by atoms with E-state index >= 15 is 0 Å². The van der Waals surface area contributed by atoms with Crippen molar-refractivity contribution in [3.05, 3.63) is 99.5 Å².